The van der Waals surface area contributed by atoms with Gasteiger partial charge in [-0.15, -0.1) is 0 Å². The zero-order valence-electron chi connectivity index (χ0n) is 12.4. The molecule has 0 aromatic heterocycles. The minimum absolute atomic E-state index is 0.170. The topological polar surface area (TPSA) is 32.3 Å². The molecule has 0 saturated carbocycles. The van der Waals surface area contributed by atoms with Gasteiger partial charge in [-0.1, -0.05) is 30.9 Å². The highest BCUT2D eigenvalue weighted by Gasteiger charge is 2.22. The van der Waals surface area contributed by atoms with Crippen molar-refractivity contribution in [2.24, 2.45) is 0 Å². The summed E-state index contributed by atoms with van der Waals surface area (Å²) in [5.74, 6) is -0.674. The van der Waals surface area contributed by atoms with Gasteiger partial charge < -0.3 is 5.32 Å². The summed E-state index contributed by atoms with van der Waals surface area (Å²) in [5.41, 5.74) is 0.184. The number of carbonyl (C=O) groups excluding carboxylic acids is 1. The third-order valence-electron chi connectivity index (χ3n) is 4.01. The lowest BCUT2D eigenvalue weighted by Crippen LogP contribution is -2.43. The van der Waals surface area contributed by atoms with Crippen LogP contribution in [0.2, 0.25) is 5.02 Å². The number of amides is 1. The summed E-state index contributed by atoms with van der Waals surface area (Å²) < 4.78 is 13.7. The second-order valence-corrected chi connectivity index (χ2v) is 6.03. The van der Waals surface area contributed by atoms with Gasteiger partial charge in [-0.2, -0.15) is 0 Å². The van der Waals surface area contributed by atoms with E-state index in [-0.39, 0.29) is 17.6 Å². The van der Waals surface area contributed by atoms with Crippen molar-refractivity contribution in [1.82, 2.24) is 4.90 Å². The first kappa shape index (κ1) is 16.2. The largest absolute Gasteiger partial charge is 0.322 e. The molecule has 116 valence electrons. The van der Waals surface area contributed by atoms with Crippen LogP contribution in [0.5, 0.6) is 0 Å². The van der Waals surface area contributed by atoms with Gasteiger partial charge in [0, 0.05) is 5.02 Å². The number of likely N-dealkylation sites (tertiary alicyclic amines) is 1. The summed E-state index contributed by atoms with van der Waals surface area (Å²) in [6.45, 7) is 3.74. The molecule has 1 amide bonds. The Kier molecular flexibility index (Phi) is 6.00. The molecule has 0 radical (unpaired) electrons. The summed E-state index contributed by atoms with van der Waals surface area (Å²) >= 11 is 5.71. The van der Waals surface area contributed by atoms with Crippen LogP contribution in [-0.2, 0) is 4.79 Å². The number of anilines is 1. The van der Waals surface area contributed by atoms with Crippen molar-refractivity contribution in [2.75, 3.05) is 18.4 Å². The van der Waals surface area contributed by atoms with Crippen LogP contribution in [0.25, 0.3) is 0 Å². The number of halogens is 2. The van der Waals surface area contributed by atoms with Gasteiger partial charge in [0.15, 0.2) is 0 Å². The number of carbonyl (C=O) groups is 1. The number of hydrogen-bond acceptors (Lipinski definition) is 2. The monoisotopic (exact) mass is 312 g/mol. The summed E-state index contributed by atoms with van der Waals surface area (Å²) in [7, 11) is 0. The van der Waals surface area contributed by atoms with Crippen molar-refractivity contribution in [3.8, 4) is 0 Å². The van der Waals surface area contributed by atoms with Crippen LogP contribution in [0.1, 0.15) is 39.0 Å². The van der Waals surface area contributed by atoms with Gasteiger partial charge in [-0.05, 0) is 51.1 Å². The maximum atomic E-state index is 13.7. The number of nitrogens with one attached hydrogen (secondary N) is 1. The molecule has 0 spiro atoms. The van der Waals surface area contributed by atoms with Gasteiger partial charge in [-0.3, -0.25) is 9.69 Å². The molecule has 1 heterocycles. The van der Waals surface area contributed by atoms with Crippen molar-refractivity contribution in [3.63, 3.8) is 0 Å². The Morgan fingerprint density at radius 3 is 2.48 bits per heavy atom. The first-order chi connectivity index (χ1) is 10.1. The molecule has 1 aromatic carbocycles. The Morgan fingerprint density at radius 1 is 1.24 bits per heavy atom. The van der Waals surface area contributed by atoms with Crippen molar-refractivity contribution in [1.29, 1.82) is 0 Å². The Labute approximate surface area is 130 Å². The molecule has 2 rings (SSSR count). The van der Waals surface area contributed by atoms with E-state index in [0.29, 0.717) is 5.02 Å². The zero-order valence-corrected chi connectivity index (χ0v) is 13.1. The molecule has 0 unspecified atom stereocenters. The standard InChI is InChI=1S/C16H22ClFN2O/c1-12(20-9-5-3-2-4-6-10-20)16(21)19-15-8-7-13(17)11-14(15)18/h7-8,11-12H,2-6,9-10H2,1H3,(H,19,21)/t12-/m1/s1. The van der Waals surface area contributed by atoms with Crippen LogP contribution in [0.4, 0.5) is 10.1 Å². The van der Waals surface area contributed by atoms with E-state index >= 15 is 0 Å². The van der Waals surface area contributed by atoms with E-state index in [0.717, 1.165) is 25.9 Å². The van der Waals surface area contributed by atoms with E-state index < -0.39 is 5.82 Å². The summed E-state index contributed by atoms with van der Waals surface area (Å²) in [6, 6.07) is 4.02. The highest BCUT2D eigenvalue weighted by molar-refractivity contribution is 6.30. The Hall–Kier alpha value is -1.13. The fraction of sp³-hybridized carbons (Fsp3) is 0.562. The van der Waals surface area contributed by atoms with E-state index in [4.69, 9.17) is 11.6 Å². The molecule has 1 aromatic rings. The number of rotatable bonds is 3. The van der Waals surface area contributed by atoms with Crippen molar-refractivity contribution >= 4 is 23.2 Å². The van der Waals surface area contributed by atoms with Crippen molar-refractivity contribution < 1.29 is 9.18 Å². The van der Waals surface area contributed by atoms with E-state index in [1.807, 2.05) is 6.92 Å². The van der Waals surface area contributed by atoms with Crippen LogP contribution in [-0.4, -0.2) is 29.9 Å². The molecule has 21 heavy (non-hydrogen) atoms. The average Bonchev–Trinajstić information content (AvgIpc) is 2.41. The first-order valence-corrected chi connectivity index (χ1v) is 7.95. The second-order valence-electron chi connectivity index (χ2n) is 5.59. The Bertz CT molecular complexity index is 487. The average molecular weight is 313 g/mol. The highest BCUT2D eigenvalue weighted by atomic mass is 35.5. The minimum Gasteiger partial charge on any atom is -0.322 e. The van der Waals surface area contributed by atoms with Gasteiger partial charge in [0.1, 0.15) is 5.82 Å². The summed E-state index contributed by atoms with van der Waals surface area (Å²) in [5, 5.41) is 2.98. The van der Waals surface area contributed by atoms with Gasteiger partial charge in [0.05, 0.1) is 11.7 Å². The molecule has 1 fully saturated rings. The Balaban J connectivity index is 1.97. The molecule has 5 heteroatoms. The lowest BCUT2D eigenvalue weighted by Gasteiger charge is -2.29. The van der Waals surface area contributed by atoms with E-state index in [1.165, 1.54) is 31.4 Å². The van der Waals surface area contributed by atoms with Gasteiger partial charge in [-0.25, -0.2) is 4.39 Å². The molecule has 1 aliphatic rings. The van der Waals surface area contributed by atoms with Crippen molar-refractivity contribution in [2.45, 2.75) is 45.1 Å². The quantitative estimate of drug-likeness (QED) is 0.912. The van der Waals surface area contributed by atoms with Crippen LogP contribution in [0.15, 0.2) is 18.2 Å². The predicted molar refractivity (Wildman–Crippen MR) is 84.2 cm³/mol. The fourth-order valence-electron chi connectivity index (χ4n) is 2.65. The SMILES string of the molecule is C[C@H](C(=O)Nc1ccc(Cl)cc1F)N1CCCCCCC1. The third kappa shape index (κ3) is 4.68. The van der Waals surface area contributed by atoms with E-state index in [9.17, 15) is 9.18 Å². The van der Waals surface area contributed by atoms with Crippen LogP contribution < -0.4 is 5.32 Å². The lowest BCUT2D eigenvalue weighted by molar-refractivity contribution is -0.120. The van der Waals surface area contributed by atoms with E-state index in [1.54, 1.807) is 6.07 Å². The first-order valence-electron chi connectivity index (χ1n) is 7.58. The molecule has 0 bridgehead atoms. The Morgan fingerprint density at radius 2 is 1.86 bits per heavy atom. The fourth-order valence-corrected chi connectivity index (χ4v) is 2.81. The van der Waals surface area contributed by atoms with Crippen LogP contribution in [0, 0.1) is 5.82 Å². The molecule has 3 nitrogen and oxygen atoms in total. The van der Waals surface area contributed by atoms with Crippen LogP contribution in [0.3, 0.4) is 0 Å². The number of benzene rings is 1. The number of hydrogen-bond donors (Lipinski definition) is 1. The van der Waals surface area contributed by atoms with E-state index in [2.05, 4.69) is 10.2 Å². The maximum absolute atomic E-state index is 13.7. The molecule has 1 atom stereocenters. The zero-order chi connectivity index (χ0) is 15.2. The molecule has 1 aliphatic heterocycles. The maximum Gasteiger partial charge on any atom is 0.241 e. The molecule has 1 saturated heterocycles. The van der Waals surface area contributed by atoms with Gasteiger partial charge in [0.25, 0.3) is 0 Å². The summed E-state index contributed by atoms with van der Waals surface area (Å²) in [4.78, 5) is 14.5. The summed E-state index contributed by atoms with van der Waals surface area (Å²) in [6.07, 6.45) is 5.96. The molecular formula is C16H22ClFN2O. The minimum atomic E-state index is -0.504. The number of nitrogens with zero attached hydrogens (tertiary/aromatic N) is 1. The lowest BCUT2D eigenvalue weighted by atomic mass is 10.1. The molecular weight excluding hydrogens is 291 g/mol. The predicted octanol–water partition coefficient (Wildman–Crippen LogP) is 4.07. The van der Waals surface area contributed by atoms with Crippen molar-refractivity contribution in [3.05, 3.63) is 29.0 Å². The van der Waals surface area contributed by atoms with Gasteiger partial charge in [0.2, 0.25) is 5.91 Å². The van der Waals surface area contributed by atoms with Gasteiger partial charge >= 0.3 is 0 Å². The second kappa shape index (κ2) is 7.76. The molecule has 1 N–H and O–H groups in total. The molecule has 0 aliphatic carbocycles. The highest BCUT2D eigenvalue weighted by Crippen LogP contribution is 2.20. The third-order valence-corrected chi connectivity index (χ3v) is 4.24. The normalized spacial score (nSPS) is 18.6. The van der Waals surface area contributed by atoms with Crippen LogP contribution >= 0.6 is 11.6 Å². The smallest absolute Gasteiger partial charge is 0.241 e.